The molecule has 0 saturated carbocycles. The van der Waals surface area contributed by atoms with E-state index in [4.69, 9.17) is 11.6 Å². The summed E-state index contributed by atoms with van der Waals surface area (Å²) in [5.74, 6) is -0.0831. The lowest BCUT2D eigenvalue weighted by molar-refractivity contribution is 0.206. The zero-order chi connectivity index (χ0) is 11.8. The van der Waals surface area contributed by atoms with Crippen LogP contribution in [-0.2, 0) is 9.84 Å². The molecule has 0 aliphatic carbocycles. The molecule has 2 aliphatic rings. The van der Waals surface area contributed by atoms with E-state index in [1.165, 1.54) is 0 Å². The molecule has 2 atom stereocenters. The summed E-state index contributed by atoms with van der Waals surface area (Å²) < 4.78 is 22.6. The Morgan fingerprint density at radius 2 is 1.88 bits per heavy atom. The molecule has 1 N–H and O–H groups in total. The molecule has 2 saturated heterocycles. The maximum absolute atomic E-state index is 11.7. The van der Waals surface area contributed by atoms with Gasteiger partial charge < -0.3 is 10.2 Å². The average Bonchev–Trinajstić information content (AvgIpc) is 2.74. The Balaban J connectivity index is 1.92. The third-order valence-electron chi connectivity index (χ3n) is 2.99. The second-order valence-corrected chi connectivity index (χ2v) is 7.06. The molecule has 5 nitrogen and oxygen atoms in total. The molecule has 0 radical (unpaired) electrons. The quantitative estimate of drug-likeness (QED) is 0.690. The summed E-state index contributed by atoms with van der Waals surface area (Å²) in [6.45, 7) is 1.50. The molecule has 0 aromatic rings. The molecule has 2 amide bonds. The maximum Gasteiger partial charge on any atom is 0.317 e. The van der Waals surface area contributed by atoms with Crippen molar-refractivity contribution in [1.82, 2.24) is 10.2 Å². The molecule has 2 rings (SSSR count). The second kappa shape index (κ2) is 4.41. The summed E-state index contributed by atoms with van der Waals surface area (Å²) in [7, 11) is -3.08. The van der Waals surface area contributed by atoms with Crippen LogP contribution < -0.4 is 5.32 Å². The van der Waals surface area contributed by atoms with Gasteiger partial charge in [-0.1, -0.05) is 0 Å². The molecular weight excluding hydrogens is 252 g/mol. The topological polar surface area (TPSA) is 66.5 Å². The van der Waals surface area contributed by atoms with Crippen LogP contribution >= 0.6 is 11.6 Å². The van der Waals surface area contributed by atoms with Crippen molar-refractivity contribution in [2.24, 2.45) is 0 Å². The van der Waals surface area contributed by atoms with Crippen LogP contribution in [0.2, 0.25) is 0 Å². The zero-order valence-electron chi connectivity index (χ0n) is 8.86. The number of urea groups is 1. The fourth-order valence-corrected chi connectivity index (χ4v) is 4.66. The number of hydrogen-bond donors (Lipinski definition) is 1. The van der Waals surface area contributed by atoms with E-state index in [1.807, 2.05) is 0 Å². The van der Waals surface area contributed by atoms with Gasteiger partial charge in [-0.25, -0.2) is 13.2 Å². The van der Waals surface area contributed by atoms with Crippen molar-refractivity contribution < 1.29 is 13.2 Å². The van der Waals surface area contributed by atoms with Gasteiger partial charge in [0.2, 0.25) is 0 Å². The molecule has 16 heavy (non-hydrogen) atoms. The maximum atomic E-state index is 11.7. The lowest BCUT2D eigenvalue weighted by atomic mass is 10.2. The largest absolute Gasteiger partial charge is 0.333 e. The predicted molar refractivity (Wildman–Crippen MR) is 61.4 cm³/mol. The van der Waals surface area contributed by atoms with Gasteiger partial charge in [0.15, 0.2) is 9.84 Å². The number of halogens is 1. The molecule has 0 bridgehead atoms. The van der Waals surface area contributed by atoms with Crippen molar-refractivity contribution in [1.29, 1.82) is 0 Å². The first-order valence-electron chi connectivity index (χ1n) is 5.38. The van der Waals surface area contributed by atoms with Crippen molar-refractivity contribution >= 4 is 27.5 Å². The van der Waals surface area contributed by atoms with E-state index in [1.54, 1.807) is 4.90 Å². The van der Waals surface area contributed by atoms with Gasteiger partial charge in [0.1, 0.15) is 0 Å². The Labute approximate surface area is 100 Å². The Bertz CT molecular complexity index is 378. The first-order valence-corrected chi connectivity index (χ1v) is 7.64. The smallest absolute Gasteiger partial charge is 0.317 e. The SMILES string of the molecule is O=C(NC1CS(=O)(=O)CC1Cl)N1CCCC1. The number of carbonyl (C=O) groups excluding carboxylic acids is 1. The van der Waals surface area contributed by atoms with Crippen molar-refractivity contribution in [2.75, 3.05) is 24.6 Å². The van der Waals surface area contributed by atoms with E-state index in [0.29, 0.717) is 0 Å². The molecule has 2 unspecified atom stereocenters. The molecule has 0 spiro atoms. The summed E-state index contributed by atoms with van der Waals surface area (Å²) in [5.41, 5.74) is 0. The van der Waals surface area contributed by atoms with Crippen molar-refractivity contribution in [3.05, 3.63) is 0 Å². The number of likely N-dealkylation sites (tertiary alicyclic amines) is 1. The van der Waals surface area contributed by atoms with Crippen molar-refractivity contribution in [2.45, 2.75) is 24.3 Å². The van der Waals surface area contributed by atoms with Gasteiger partial charge in [-0.15, -0.1) is 11.6 Å². The monoisotopic (exact) mass is 266 g/mol. The number of hydrogen-bond acceptors (Lipinski definition) is 3. The van der Waals surface area contributed by atoms with Gasteiger partial charge in [-0.3, -0.25) is 0 Å². The summed E-state index contributed by atoms with van der Waals surface area (Å²) in [5, 5.41) is 2.20. The minimum Gasteiger partial charge on any atom is -0.333 e. The molecule has 92 valence electrons. The van der Waals surface area contributed by atoms with Crippen LogP contribution in [0, 0.1) is 0 Å². The van der Waals surface area contributed by atoms with Gasteiger partial charge in [0, 0.05) is 13.1 Å². The Morgan fingerprint density at radius 1 is 1.25 bits per heavy atom. The fourth-order valence-electron chi connectivity index (χ4n) is 2.11. The highest BCUT2D eigenvalue weighted by Gasteiger charge is 2.38. The highest BCUT2D eigenvalue weighted by Crippen LogP contribution is 2.18. The van der Waals surface area contributed by atoms with Crippen molar-refractivity contribution in [3.8, 4) is 0 Å². The van der Waals surface area contributed by atoms with Crippen molar-refractivity contribution in [3.63, 3.8) is 0 Å². The zero-order valence-corrected chi connectivity index (χ0v) is 10.4. The van der Waals surface area contributed by atoms with Crippen LogP contribution in [0.5, 0.6) is 0 Å². The minimum atomic E-state index is -3.08. The van der Waals surface area contributed by atoms with Crippen LogP contribution in [0.15, 0.2) is 0 Å². The normalized spacial score (nSPS) is 32.9. The van der Waals surface area contributed by atoms with Crippen LogP contribution in [0.25, 0.3) is 0 Å². The standard InChI is InChI=1S/C9H15ClN2O3S/c10-7-5-16(14,15)6-8(7)11-9(13)12-3-1-2-4-12/h7-8H,1-6H2,(H,11,13). The first-order chi connectivity index (χ1) is 7.48. The third kappa shape index (κ3) is 2.60. The van der Waals surface area contributed by atoms with Gasteiger partial charge in [-0.2, -0.15) is 0 Å². The number of nitrogens with zero attached hydrogens (tertiary/aromatic N) is 1. The Hall–Kier alpha value is -0.490. The summed E-state index contributed by atoms with van der Waals surface area (Å²) in [6.07, 6.45) is 2.03. The minimum absolute atomic E-state index is 0.0409. The first kappa shape index (κ1) is 12.0. The predicted octanol–water partition coefficient (Wildman–Crippen LogP) is 0.196. The summed E-state index contributed by atoms with van der Waals surface area (Å²) >= 11 is 5.90. The lowest BCUT2D eigenvalue weighted by Crippen LogP contribution is -2.47. The number of rotatable bonds is 1. The van der Waals surface area contributed by atoms with Gasteiger partial charge in [0.25, 0.3) is 0 Å². The number of amides is 2. The highest BCUT2D eigenvalue weighted by molar-refractivity contribution is 7.91. The molecule has 0 aromatic carbocycles. The van der Waals surface area contributed by atoms with E-state index in [0.717, 1.165) is 25.9 Å². The van der Waals surface area contributed by atoms with Crippen LogP contribution in [-0.4, -0.2) is 55.4 Å². The van der Waals surface area contributed by atoms with E-state index >= 15 is 0 Å². The van der Waals surface area contributed by atoms with Crippen LogP contribution in [0.3, 0.4) is 0 Å². The molecule has 2 heterocycles. The van der Waals surface area contributed by atoms with Gasteiger partial charge >= 0.3 is 6.03 Å². The summed E-state index contributed by atoms with van der Waals surface area (Å²) in [4.78, 5) is 13.4. The third-order valence-corrected chi connectivity index (χ3v) is 5.36. The molecular formula is C9H15ClN2O3S. The second-order valence-electron chi connectivity index (χ2n) is 4.34. The number of sulfone groups is 1. The number of carbonyl (C=O) groups is 1. The fraction of sp³-hybridized carbons (Fsp3) is 0.889. The molecule has 7 heteroatoms. The van der Waals surface area contributed by atoms with Gasteiger partial charge in [-0.05, 0) is 12.8 Å². The summed E-state index contributed by atoms with van der Waals surface area (Å²) in [6, 6.07) is -0.634. The van der Waals surface area contributed by atoms with E-state index in [2.05, 4.69) is 5.32 Å². The lowest BCUT2D eigenvalue weighted by Gasteiger charge is -2.20. The van der Waals surface area contributed by atoms with Crippen LogP contribution in [0.4, 0.5) is 4.79 Å². The van der Waals surface area contributed by atoms with Crippen LogP contribution in [0.1, 0.15) is 12.8 Å². The molecule has 2 fully saturated rings. The molecule has 2 aliphatic heterocycles. The Kier molecular flexibility index (Phi) is 3.30. The van der Waals surface area contributed by atoms with E-state index < -0.39 is 21.3 Å². The average molecular weight is 267 g/mol. The number of alkyl halides is 1. The van der Waals surface area contributed by atoms with E-state index in [-0.39, 0.29) is 17.5 Å². The highest BCUT2D eigenvalue weighted by atomic mass is 35.5. The van der Waals surface area contributed by atoms with Gasteiger partial charge in [0.05, 0.1) is 22.9 Å². The van der Waals surface area contributed by atoms with E-state index in [9.17, 15) is 13.2 Å². The Morgan fingerprint density at radius 3 is 2.38 bits per heavy atom. The molecule has 0 aromatic heterocycles. The number of nitrogens with one attached hydrogen (secondary N) is 1.